The van der Waals surface area contributed by atoms with E-state index < -0.39 is 42.7 Å². The fraction of sp³-hybridized carbons (Fsp3) is 0.700. The van der Waals surface area contributed by atoms with Gasteiger partial charge < -0.3 is 36.2 Å². The highest BCUT2D eigenvalue weighted by atomic mass is 16.4. The van der Waals surface area contributed by atoms with Gasteiger partial charge >= 0.3 is 17.9 Å². The van der Waals surface area contributed by atoms with Crippen LogP contribution in [0, 0.1) is 0 Å². The van der Waals surface area contributed by atoms with Crippen molar-refractivity contribution in [1.29, 1.82) is 0 Å². The molecule has 20 heavy (non-hydrogen) atoms. The van der Waals surface area contributed by atoms with Crippen LogP contribution in [0.2, 0.25) is 0 Å². The number of carbonyl (C=O) groups is 3. The lowest BCUT2D eigenvalue weighted by Crippen LogP contribution is -2.47. The van der Waals surface area contributed by atoms with Gasteiger partial charge in [-0.25, -0.2) is 4.79 Å². The van der Waals surface area contributed by atoms with Crippen molar-refractivity contribution in [3.63, 3.8) is 0 Å². The molecule has 10 nitrogen and oxygen atoms in total. The lowest BCUT2D eigenvalue weighted by atomic mass is 10.1. The van der Waals surface area contributed by atoms with Gasteiger partial charge in [0.2, 0.25) is 0 Å². The molecule has 7 N–H and O–H groups in total. The van der Waals surface area contributed by atoms with Crippen molar-refractivity contribution in [3.8, 4) is 0 Å². The van der Waals surface area contributed by atoms with E-state index in [-0.39, 0.29) is 19.5 Å². The van der Waals surface area contributed by atoms with E-state index in [1.807, 2.05) is 0 Å². The molecule has 3 atom stereocenters. The van der Waals surface area contributed by atoms with Crippen LogP contribution in [0.1, 0.15) is 6.42 Å². The van der Waals surface area contributed by atoms with E-state index in [0.29, 0.717) is 0 Å². The number of aliphatic hydroxyl groups is 2. The highest BCUT2D eigenvalue weighted by molar-refractivity contribution is 5.74. The van der Waals surface area contributed by atoms with Crippen LogP contribution in [0.25, 0.3) is 0 Å². The van der Waals surface area contributed by atoms with Crippen LogP contribution in [0.3, 0.4) is 0 Å². The molecule has 0 saturated heterocycles. The SMILES string of the molecule is O=C(O)CNCC[C@H](NC[C@@H](O)[C@H](O)C(=O)O)C(=O)O. The number of aliphatic carboxylic acids is 3. The van der Waals surface area contributed by atoms with Crippen LogP contribution >= 0.6 is 0 Å². The molecule has 0 saturated carbocycles. The molecule has 116 valence electrons. The molecule has 0 spiro atoms. The molecule has 0 rings (SSSR count). The molecule has 0 unspecified atom stereocenters. The Morgan fingerprint density at radius 1 is 1.00 bits per heavy atom. The van der Waals surface area contributed by atoms with Gasteiger partial charge in [0.25, 0.3) is 0 Å². The second-order valence-electron chi connectivity index (χ2n) is 4.01. The molecule has 0 fully saturated rings. The van der Waals surface area contributed by atoms with E-state index in [1.165, 1.54) is 0 Å². The largest absolute Gasteiger partial charge is 0.480 e. The second-order valence-corrected chi connectivity index (χ2v) is 4.01. The minimum atomic E-state index is -2.01. The van der Waals surface area contributed by atoms with Crippen LogP contribution in [-0.2, 0) is 14.4 Å². The minimum Gasteiger partial charge on any atom is -0.480 e. The van der Waals surface area contributed by atoms with Gasteiger partial charge in [-0.2, -0.15) is 0 Å². The van der Waals surface area contributed by atoms with E-state index in [4.69, 9.17) is 20.4 Å². The molecular weight excluding hydrogens is 276 g/mol. The fourth-order valence-corrected chi connectivity index (χ4v) is 1.29. The Hall–Kier alpha value is -1.75. The van der Waals surface area contributed by atoms with Gasteiger partial charge in [0, 0.05) is 6.54 Å². The molecule has 0 aromatic heterocycles. The summed E-state index contributed by atoms with van der Waals surface area (Å²) < 4.78 is 0. The van der Waals surface area contributed by atoms with Crippen molar-refractivity contribution in [2.24, 2.45) is 0 Å². The third kappa shape index (κ3) is 7.63. The third-order valence-electron chi connectivity index (χ3n) is 2.37. The zero-order valence-corrected chi connectivity index (χ0v) is 10.5. The van der Waals surface area contributed by atoms with Gasteiger partial charge in [0.1, 0.15) is 12.1 Å². The van der Waals surface area contributed by atoms with Crippen molar-refractivity contribution < 1.29 is 39.9 Å². The maximum atomic E-state index is 10.9. The van der Waals surface area contributed by atoms with Gasteiger partial charge in [0.05, 0.1) is 6.54 Å². The molecule has 0 aliphatic carbocycles. The smallest absolute Gasteiger partial charge is 0.335 e. The molecule has 0 aliphatic heterocycles. The Morgan fingerprint density at radius 3 is 2.05 bits per heavy atom. The number of carboxylic acid groups (broad SMARTS) is 3. The first-order chi connectivity index (χ1) is 9.25. The van der Waals surface area contributed by atoms with E-state index in [9.17, 15) is 19.5 Å². The third-order valence-corrected chi connectivity index (χ3v) is 2.37. The average molecular weight is 294 g/mol. The van der Waals surface area contributed by atoms with Gasteiger partial charge in [-0.05, 0) is 13.0 Å². The van der Waals surface area contributed by atoms with Gasteiger partial charge in [-0.3, -0.25) is 9.59 Å². The summed E-state index contributed by atoms with van der Waals surface area (Å²) in [5.74, 6) is -3.93. The molecule has 10 heteroatoms. The first-order valence-electron chi connectivity index (χ1n) is 5.73. The van der Waals surface area contributed by atoms with Crippen LogP contribution in [0.15, 0.2) is 0 Å². The molecular formula is C10H18N2O8. The Morgan fingerprint density at radius 2 is 1.60 bits per heavy atom. The molecule has 0 aromatic rings. The zero-order chi connectivity index (χ0) is 15.7. The standard InChI is InChI=1S/C10H18N2O8/c13-6(8(16)10(19)20)3-12-5(9(17)18)1-2-11-4-7(14)15/h5-6,8,11-13,16H,1-4H2,(H,14,15)(H,17,18)(H,19,20)/t5-,6+,8-/m0/s1. The summed E-state index contributed by atoms with van der Waals surface area (Å²) in [5.41, 5.74) is 0. The maximum absolute atomic E-state index is 10.9. The summed E-state index contributed by atoms with van der Waals surface area (Å²) in [7, 11) is 0. The lowest BCUT2D eigenvalue weighted by Gasteiger charge is -2.19. The molecule has 0 radical (unpaired) electrons. The Balaban J connectivity index is 4.12. The van der Waals surface area contributed by atoms with E-state index in [0.717, 1.165) is 0 Å². The summed E-state index contributed by atoms with van der Waals surface area (Å²) in [5, 5.41) is 48.8. The maximum Gasteiger partial charge on any atom is 0.335 e. The number of aliphatic hydroxyl groups excluding tert-OH is 2. The predicted molar refractivity (Wildman–Crippen MR) is 64.2 cm³/mol. The number of hydrogen-bond acceptors (Lipinski definition) is 7. The Kier molecular flexibility index (Phi) is 8.40. The van der Waals surface area contributed by atoms with Gasteiger partial charge in [-0.15, -0.1) is 0 Å². The quantitative estimate of drug-likeness (QED) is 0.193. The van der Waals surface area contributed by atoms with E-state index >= 15 is 0 Å². The molecule has 0 heterocycles. The van der Waals surface area contributed by atoms with Crippen molar-refractivity contribution in [1.82, 2.24) is 10.6 Å². The lowest BCUT2D eigenvalue weighted by molar-refractivity contribution is -0.152. The Labute approximate surface area is 114 Å². The summed E-state index contributed by atoms with van der Waals surface area (Å²) in [6, 6.07) is -1.10. The first-order valence-corrected chi connectivity index (χ1v) is 5.73. The summed E-state index contributed by atoms with van der Waals surface area (Å²) in [6.45, 7) is -0.635. The average Bonchev–Trinajstić information content (AvgIpc) is 2.35. The van der Waals surface area contributed by atoms with E-state index in [2.05, 4.69) is 10.6 Å². The first kappa shape index (κ1) is 18.2. The van der Waals surface area contributed by atoms with Crippen molar-refractivity contribution in [3.05, 3.63) is 0 Å². The van der Waals surface area contributed by atoms with Crippen LogP contribution in [-0.4, -0.2) is 81.3 Å². The van der Waals surface area contributed by atoms with Crippen molar-refractivity contribution >= 4 is 17.9 Å². The summed E-state index contributed by atoms with van der Waals surface area (Å²) >= 11 is 0. The van der Waals surface area contributed by atoms with Gasteiger partial charge in [-0.1, -0.05) is 0 Å². The highest BCUT2D eigenvalue weighted by Crippen LogP contribution is 1.96. The number of nitrogens with one attached hydrogen (secondary N) is 2. The van der Waals surface area contributed by atoms with Crippen molar-refractivity contribution in [2.75, 3.05) is 19.6 Å². The van der Waals surface area contributed by atoms with Crippen molar-refractivity contribution in [2.45, 2.75) is 24.7 Å². The van der Waals surface area contributed by atoms with Crippen LogP contribution < -0.4 is 10.6 Å². The fourth-order valence-electron chi connectivity index (χ4n) is 1.29. The van der Waals surface area contributed by atoms with E-state index in [1.54, 1.807) is 0 Å². The van der Waals surface area contributed by atoms with Crippen LogP contribution in [0.5, 0.6) is 0 Å². The van der Waals surface area contributed by atoms with Crippen LogP contribution in [0.4, 0.5) is 0 Å². The number of rotatable bonds is 11. The molecule has 0 aromatic carbocycles. The highest BCUT2D eigenvalue weighted by Gasteiger charge is 2.25. The summed E-state index contributed by atoms with van der Waals surface area (Å²) in [6.07, 6.45) is -3.64. The Bertz CT molecular complexity index is 348. The second kappa shape index (κ2) is 9.20. The predicted octanol–water partition coefficient (Wildman–Crippen LogP) is -3.10. The topological polar surface area (TPSA) is 176 Å². The summed E-state index contributed by atoms with van der Waals surface area (Å²) in [4.78, 5) is 31.5. The number of carboxylic acids is 3. The minimum absolute atomic E-state index is 0.0263. The van der Waals surface area contributed by atoms with Gasteiger partial charge in [0.15, 0.2) is 6.10 Å². The number of hydrogen-bond donors (Lipinski definition) is 7. The normalized spacial score (nSPS) is 15.3. The molecule has 0 bridgehead atoms. The monoisotopic (exact) mass is 294 g/mol. The zero-order valence-electron chi connectivity index (χ0n) is 10.5. The molecule has 0 aliphatic rings. The molecule has 0 amide bonds.